The summed E-state index contributed by atoms with van der Waals surface area (Å²) < 4.78 is 39.0. The molecule has 0 amide bonds. The second kappa shape index (κ2) is 4.20. The standard InChI is InChI=1S/C6H10F3NO/c1-2-11-5(10)3-4-6(7,8)9/h10H,2-4H2,1H3. The maximum Gasteiger partial charge on any atom is 0.389 e. The Morgan fingerprint density at radius 1 is 1.45 bits per heavy atom. The average molecular weight is 169 g/mol. The molecule has 0 aromatic heterocycles. The first-order valence-corrected chi connectivity index (χ1v) is 3.22. The monoisotopic (exact) mass is 169 g/mol. The summed E-state index contributed by atoms with van der Waals surface area (Å²) in [5.74, 6) is -0.301. The van der Waals surface area contributed by atoms with Crippen LogP contribution in [0.5, 0.6) is 0 Å². The van der Waals surface area contributed by atoms with Crippen LogP contribution in [-0.4, -0.2) is 18.7 Å². The van der Waals surface area contributed by atoms with Gasteiger partial charge in [-0.1, -0.05) is 0 Å². The number of hydrogen-bond acceptors (Lipinski definition) is 2. The molecule has 0 aliphatic rings. The smallest absolute Gasteiger partial charge is 0.389 e. The van der Waals surface area contributed by atoms with Crippen molar-refractivity contribution in [1.29, 1.82) is 5.41 Å². The molecule has 0 unspecified atom stereocenters. The van der Waals surface area contributed by atoms with E-state index in [1.165, 1.54) is 0 Å². The van der Waals surface area contributed by atoms with E-state index >= 15 is 0 Å². The Hall–Kier alpha value is -0.740. The Balaban J connectivity index is 3.46. The number of alkyl halides is 3. The summed E-state index contributed by atoms with van der Waals surface area (Å²) in [6.45, 7) is 1.87. The van der Waals surface area contributed by atoms with Crippen LogP contribution in [0.1, 0.15) is 19.8 Å². The van der Waals surface area contributed by atoms with Crippen molar-refractivity contribution in [1.82, 2.24) is 0 Å². The van der Waals surface area contributed by atoms with Crippen molar-refractivity contribution in [2.24, 2.45) is 0 Å². The minimum Gasteiger partial charge on any atom is -0.481 e. The highest BCUT2D eigenvalue weighted by Gasteiger charge is 2.27. The summed E-state index contributed by atoms with van der Waals surface area (Å²) in [7, 11) is 0. The SMILES string of the molecule is CCOC(=N)CCC(F)(F)F. The van der Waals surface area contributed by atoms with Crippen molar-refractivity contribution in [3.05, 3.63) is 0 Å². The summed E-state index contributed by atoms with van der Waals surface area (Å²) >= 11 is 0. The van der Waals surface area contributed by atoms with Crippen molar-refractivity contribution in [2.45, 2.75) is 25.9 Å². The fourth-order valence-corrected chi connectivity index (χ4v) is 0.502. The van der Waals surface area contributed by atoms with E-state index in [0.29, 0.717) is 0 Å². The van der Waals surface area contributed by atoms with Crippen LogP contribution in [0.15, 0.2) is 0 Å². The van der Waals surface area contributed by atoms with Crippen molar-refractivity contribution in [3.63, 3.8) is 0 Å². The summed E-state index contributed by atoms with van der Waals surface area (Å²) in [6, 6.07) is 0. The molecule has 11 heavy (non-hydrogen) atoms. The van der Waals surface area contributed by atoms with Gasteiger partial charge in [-0.2, -0.15) is 13.2 Å². The second-order valence-electron chi connectivity index (χ2n) is 1.97. The van der Waals surface area contributed by atoms with E-state index in [9.17, 15) is 13.2 Å². The fourth-order valence-electron chi connectivity index (χ4n) is 0.502. The van der Waals surface area contributed by atoms with Gasteiger partial charge >= 0.3 is 6.18 Å². The Morgan fingerprint density at radius 3 is 2.36 bits per heavy atom. The van der Waals surface area contributed by atoms with Gasteiger partial charge in [0.2, 0.25) is 0 Å². The predicted octanol–water partition coefficient (Wildman–Crippen LogP) is 2.34. The first kappa shape index (κ1) is 10.3. The zero-order valence-corrected chi connectivity index (χ0v) is 6.16. The molecule has 1 N–H and O–H groups in total. The normalized spacial score (nSPS) is 11.3. The molecule has 0 saturated heterocycles. The number of ether oxygens (including phenoxy) is 1. The first-order valence-electron chi connectivity index (χ1n) is 3.22. The second-order valence-corrected chi connectivity index (χ2v) is 1.97. The summed E-state index contributed by atoms with van der Waals surface area (Å²) in [4.78, 5) is 0. The van der Waals surface area contributed by atoms with Crippen LogP contribution in [0.4, 0.5) is 13.2 Å². The fraction of sp³-hybridized carbons (Fsp3) is 0.833. The lowest BCUT2D eigenvalue weighted by atomic mass is 10.3. The Kier molecular flexibility index (Phi) is 3.92. The van der Waals surface area contributed by atoms with E-state index in [1.807, 2.05) is 0 Å². The molecular formula is C6H10F3NO. The highest BCUT2D eigenvalue weighted by Crippen LogP contribution is 2.21. The van der Waals surface area contributed by atoms with E-state index < -0.39 is 12.6 Å². The molecular weight excluding hydrogens is 159 g/mol. The Labute approximate surface area is 62.9 Å². The van der Waals surface area contributed by atoms with Gasteiger partial charge in [-0.05, 0) is 6.92 Å². The zero-order chi connectivity index (χ0) is 8.91. The number of halogens is 3. The summed E-state index contributed by atoms with van der Waals surface area (Å²) in [6.07, 6.45) is -5.54. The van der Waals surface area contributed by atoms with E-state index in [-0.39, 0.29) is 18.9 Å². The van der Waals surface area contributed by atoms with Crippen molar-refractivity contribution < 1.29 is 17.9 Å². The molecule has 5 heteroatoms. The van der Waals surface area contributed by atoms with Gasteiger partial charge in [0.1, 0.15) is 0 Å². The molecule has 0 heterocycles. The minimum atomic E-state index is -4.19. The van der Waals surface area contributed by atoms with E-state index in [1.54, 1.807) is 6.92 Å². The number of nitrogens with one attached hydrogen (secondary N) is 1. The molecule has 0 fully saturated rings. The third-order valence-electron chi connectivity index (χ3n) is 0.954. The van der Waals surface area contributed by atoms with Crippen LogP contribution < -0.4 is 0 Å². The Morgan fingerprint density at radius 2 is 2.00 bits per heavy atom. The molecule has 2 nitrogen and oxygen atoms in total. The van der Waals surface area contributed by atoms with Gasteiger partial charge < -0.3 is 4.74 Å². The van der Waals surface area contributed by atoms with Crippen molar-refractivity contribution in [2.75, 3.05) is 6.61 Å². The maximum atomic E-state index is 11.5. The van der Waals surface area contributed by atoms with E-state index in [2.05, 4.69) is 4.74 Å². The lowest BCUT2D eigenvalue weighted by molar-refractivity contribution is -0.133. The lowest BCUT2D eigenvalue weighted by Gasteiger charge is -2.06. The highest BCUT2D eigenvalue weighted by atomic mass is 19.4. The van der Waals surface area contributed by atoms with Crippen LogP contribution in [-0.2, 0) is 4.74 Å². The van der Waals surface area contributed by atoms with Crippen molar-refractivity contribution >= 4 is 5.90 Å². The molecule has 0 bridgehead atoms. The van der Waals surface area contributed by atoms with Gasteiger partial charge in [0.25, 0.3) is 0 Å². The van der Waals surface area contributed by atoms with Crippen LogP contribution in [0.25, 0.3) is 0 Å². The molecule has 0 aromatic rings. The van der Waals surface area contributed by atoms with Gasteiger partial charge in [0.05, 0.1) is 13.0 Å². The summed E-state index contributed by atoms with van der Waals surface area (Å²) in [5, 5.41) is 6.85. The van der Waals surface area contributed by atoms with Crippen LogP contribution >= 0.6 is 0 Å². The molecule has 0 radical (unpaired) electrons. The van der Waals surface area contributed by atoms with Gasteiger partial charge in [-0.15, -0.1) is 0 Å². The lowest BCUT2D eigenvalue weighted by Crippen LogP contribution is -2.12. The first-order chi connectivity index (χ1) is 4.95. The van der Waals surface area contributed by atoms with E-state index in [4.69, 9.17) is 5.41 Å². The average Bonchev–Trinajstić information content (AvgIpc) is 1.83. The van der Waals surface area contributed by atoms with Crippen molar-refractivity contribution in [3.8, 4) is 0 Å². The van der Waals surface area contributed by atoms with E-state index in [0.717, 1.165) is 0 Å². The third-order valence-corrected chi connectivity index (χ3v) is 0.954. The van der Waals surface area contributed by atoms with Gasteiger partial charge in [0, 0.05) is 6.42 Å². The molecule has 0 aliphatic carbocycles. The topological polar surface area (TPSA) is 33.1 Å². The maximum absolute atomic E-state index is 11.5. The minimum absolute atomic E-state index is 0.247. The molecule has 0 saturated carbocycles. The summed E-state index contributed by atoms with van der Waals surface area (Å²) in [5.41, 5.74) is 0. The van der Waals surface area contributed by atoms with Crippen LogP contribution in [0.3, 0.4) is 0 Å². The van der Waals surface area contributed by atoms with Gasteiger partial charge in [-0.25, -0.2) is 0 Å². The Bertz CT molecular complexity index is 132. The quantitative estimate of drug-likeness (QED) is 0.510. The molecule has 0 aliphatic heterocycles. The molecule has 66 valence electrons. The highest BCUT2D eigenvalue weighted by molar-refractivity contribution is 5.72. The predicted molar refractivity (Wildman–Crippen MR) is 34.6 cm³/mol. The third kappa shape index (κ3) is 7.15. The number of hydrogen-bond donors (Lipinski definition) is 1. The van der Waals surface area contributed by atoms with Crippen LogP contribution in [0.2, 0.25) is 0 Å². The van der Waals surface area contributed by atoms with Gasteiger partial charge in [-0.3, -0.25) is 5.41 Å². The molecule has 0 rings (SSSR count). The van der Waals surface area contributed by atoms with Crippen LogP contribution in [0, 0.1) is 5.41 Å². The zero-order valence-electron chi connectivity index (χ0n) is 6.16. The molecule has 0 atom stereocenters. The molecule has 0 aromatic carbocycles. The van der Waals surface area contributed by atoms with Gasteiger partial charge in [0.15, 0.2) is 5.90 Å². The largest absolute Gasteiger partial charge is 0.481 e. The molecule has 0 spiro atoms. The number of rotatable bonds is 3.